The molecular formula is C18H22N4O2. The topological polar surface area (TPSA) is 60.2 Å². The number of pyridine rings is 1. The van der Waals surface area contributed by atoms with E-state index in [1.54, 1.807) is 30.1 Å². The Morgan fingerprint density at radius 2 is 1.96 bits per heavy atom. The maximum Gasteiger partial charge on any atom is 0.255 e. The molecule has 2 aliphatic rings. The molecule has 6 nitrogen and oxygen atoms in total. The minimum atomic E-state index is -0.0529. The number of ether oxygens (including phenoxy) is 1. The monoisotopic (exact) mass is 326 g/mol. The molecule has 24 heavy (non-hydrogen) atoms. The van der Waals surface area contributed by atoms with Crippen LogP contribution < -0.4 is 10.5 Å². The van der Waals surface area contributed by atoms with Crippen molar-refractivity contribution in [2.24, 2.45) is 7.05 Å². The van der Waals surface area contributed by atoms with Gasteiger partial charge >= 0.3 is 0 Å². The number of hydrogen-bond acceptors (Lipinski definition) is 5. The smallest absolute Gasteiger partial charge is 0.255 e. The fourth-order valence-electron chi connectivity index (χ4n) is 3.82. The van der Waals surface area contributed by atoms with Crippen molar-refractivity contribution in [2.75, 3.05) is 24.6 Å². The van der Waals surface area contributed by atoms with Gasteiger partial charge in [-0.25, -0.2) is 4.98 Å². The Labute approximate surface area is 141 Å². The van der Waals surface area contributed by atoms with Crippen LogP contribution in [0.1, 0.15) is 25.7 Å². The lowest BCUT2D eigenvalue weighted by Crippen LogP contribution is -2.51. The molecule has 1 spiro atoms. The van der Waals surface area contributed by atoms with E-state index >= 15 is 0 Å². The Hall–Kier alpha value is -2.21. The van der Waals surface area contributed by atoms with Crippen molar-refractivity contribution in [1.29, 1.82) is 0 Å². The van der Waals surface area contributed by atoms with Gasteiger partial charge in [-0.2, -0.15) is 0 Å². The van der Waals surface area contributed by atoms with E-state index in [0.717, 1.165) is 37.4 Å². The van der Waals surface area contributed by atoms with Gasteiger partial charge in [-0.3, -0.25) is 14.3 Å². The van der Waals surface area contributed by atoms with Crippen LogP contribution in [0.2, 0.25) is 0 Å². The zero-order chi connectivity index (χ0) is 16.6. The molecule has 1 saturated heterocycles. The molecule has 1 saturated carbocycles. The first-order chi connectivity index (χ1) is 11.7. The predicted molar refractivity (Wildman–Crippen MR) is 92.1 cm³/mol. The molecule has 126 valence electrons. The summed E-state index contributed by atoms with van der Waals surface area (Å²) in [6, 6.07) is 5.34. The van der Waals surface area contributed by atoms with Crippen LogP contribution in [-0.2, 0) is 11.8 Å². The second kappa shape index (κ2) is 6.02. The van der Waals surface area contributed by atoms with Gasteiger partial charge in [0.15, 0.2) is 0 Å². The Balaban J connectivity index is 1.72. The van der Waals surface area contributed by atoms with Gasteiger partial charge in [0.05, 0.1) is 17.9 Å². The summed E-state index contributed by atoms with van der Waals surface area (Å²) >= 11 is 0. The van der Waals surface area contributed by atoms with Gasteiger partial charge in [0.1, 0.15) is 0 Å². The van der Waals surface area contributed by atoms with E-state index in [2.05, 4.69) is 9.88 Å². The normalized spacial score (nSPS) is 19.8. The van der Waals surface area contributed by atoms with E-state index in [1.807, 2.05) is 12.1 Å². The van der Waals surface area contributed by atoms with Crippen LogP contribution in [0.15, 0.2) is 35.4 Å². The molecule has 2 aromatic heterocycles. The molecule has 0 N–H and O–H groups in total. The SMILES string of the molecule is Cn1c(N2CCOC3(CCCC3)C2)nc(-c2ccncc2)cc1=O. The van der Waals surface area contributed by atoms with E-state index in [9.17, 15) is 4.79 Å². The van der Waals surface area contributed by atoms with Gasteiger partial charge < -0.3 is 9.64 Å². The van der Waals surface area contributed by atoms with Crippen LogP contribution in [0.3, 0.4) is 0 Å². The summed E-state index contributed by atoms with van der Waals surface area (Å²) in [5, 5.41) is 0. The molecule has 6 heteroatoms. The van der Waals surface area contributed by atoms with E-state index in [4.69, 9.17) is 9.72 Å². The molecular weight excluding hydrogens is 304 g/mol. The lowest BCUT2D eigenvalue weighted by Gasteiger charge is -2.41. The summed E-state index contributed by atoms with van der Waals surface area (Å²) in [6.07, 6.45) is 8.07. The van der Waals surface area contributed by atoms with Crippen molar-refractivity contribution < 1.29 is 4.74 Å². The highest BCUT2D eigenvalue weighted by Crippen LogP contribution is 2.36. The largest absolute Gasteiger partial charge is 0.371 e. The van der Waals surface area contributed by atoms with E-state index in [-0.39, 0.29) is 11.2 Å². The van der Waals surface area contributed by atoms with Gasteiger partial charge in [0.2, 0.25) is 5.95 Å². The zero-order valence-corrected chi connectivity index (χ0v) is 13.9. The molecule has 0 bridgehead atoms. The Bertz CT molecular complexity index is 781. The Morgan fingerprint density at radius 3 is 2.71 bits per heavy atom. The third-order valence-corrected chi connectivity index (χ3v) is 5.13. The van der Waals surface area contributed by atoms with Crippen LogP contribution in [-0.4, -0.2) is 39.8 Å². The molecule has 3 heterocycles. The fraction of sp³-hybridized carbons (Fsp3) is 0.500. The summed E-state index contributed by atoms with van der Waals surface area (Å²) in [7, 11) is 1.79. The van der Waals surface area contributed by atoms with Crippen LogP contribution >= 0.6 is 0 Å². The lowest BCUT2D eigenvalue weighted by molar-refractivity contribution is -0.0507. The minimum absolute atomic E-state index is 0.0428. The second-order valence-electron chi connectivity index (χ2n) is 6.73. The number of aromatic nitrogens is 3. The van der Waals surface area contributed by atoms with Crippen molar-refractivity contribution in [3.63, 3.8) is 0 Å². The highest BCUT2D eigenvalue weighted by atomic mass is 16.5. The minimum Gasteiger partial charge on any atom is -0.371 e. The van der Waals surface area contributed by atoms with E-state index < -0.39 is 0 Å². The van der Waals surface area contributed by atoms with Crippen molar-refractivity contribution in [3.8, 4) is 11.3 Å². The molecule has 0 radical (unpaired) electrons. The van der Waals surface area contributed by atoms with Crippen LogP contribution in [0, 0.1) is 0 Å². The zero-order valence-electron chi connectivity index (χ0n) is 13.9. The summed E-state index contributed by atoms with van der Waals surface area (Å²) < 4.78 is 7.74. The molecule has 1 aliphatic carbocycles. The number of nitrogens with zero attached hydrogens (tertiary/aromatic N) is 4. The van der Waals surface area contributed by atoms with Crippen LogP contribution in [0.25, 0.3) is 11.3 Å². The average molecular weight is 326 g/mol. The van der Waals surface area contributed by atoms with Crippen molar-refractivity contribution in [3.05, 3.63) is 40.9 Å². The van der Waals surface area contributed by atoms with Gasteiger partial charge in [-0.1, -0.05) is 12.8 Å². The number of rotatable bonds is 2. The highest BCUT2D eigenvalue weighted by Gasteiger charge is 2.40. The third-order valence-electron chi connectivity index (χ3n) is 5.13. The van der Waals surface area contributed by atoms with E-state index in [1.165, 1.54) is 12.8 Å². The van der Waals surface area contributed by atoms with Crippen molar-refractivity contribution >= 4 is 5.95 Å². The molecule has 0 aromatic carbocycles. The fourth-order valence-corrected chi connectivity index (χ4v) is 3.82. The first-order valence-electron chi connectivity index (χ1n) is 8.54. The van der Waals surface area contributed by atoms with Gasteiger partial charge in [0.25, 0.3) is 5.56 Å². The third kappa shape index (κ3) is 2.71. The lowest BCUT2D eigenvalue weighted by atomic mass is 10.00. The molecule has 0 atom stereocenters. The molecule has 2 aromatic rings. The molecule has 1 aliphatic heterocycles. The van der Waals surface area contributed by atoms with E-state index in [0.29, 0.717) is 12.3 Å². The summed E-state index contributed by atoms with van der Waals surface area (Å²) in [5.74, 6) is 0.726. The number of hydrogen-bond donors (Lipinski definition) is 0. The van der Waals surface area contributed by atoms with Crippen molar-refractivity contribution in [2.45, 2.75) is 31.3 Å². The van der Waals surface area contributed by atoms with Crippen molar-refractivity contribution in [1.82, 2.24) is 14.5 Å². The summed E-state index contributed by atoms with van der Waals surface area (Å²) in [4.78, 5) is 23.5. The Morgan fingerprint density at radius 1 is 1.21 bits per heavy atom. The first kappa shape index (κ1) is 15.3. The number of morpholine rings is 1. The molecule has 0 unspecified atom stereocenters. The quantitative estimate of drug-likeness (QED) is 0.845. The molecule has 2 fully saturated rings. The average Bonchev–Trinajstić information content (AvgIpc) is 3.05. The first-order valence-corrected chi connectivity index (χ1v) is 8.54. The predicted octanol–water partition coefficient (Wildman–Crippen LogP) is 1.99. The maximum atomic E-state index is 12.4. The standard InChI is InChI=1S/C18H22N4O2/c1-21-16(23)12-15(14-4-8-19-9-5-14)20-17(21)22-10-11-24-18(13-22)6-2-3-7-18/h4-5,8-9,12H,2-3,6-7,10-11,13H2,1H3. The summed E-state index contributed by atoms with van der Waals surface area (Å²) in [5.41, 5.74) is 1.51. The maximum absolute atomic E-state index is 12.4. The summed E-state index contributed by atoms with van der Waals surface area (Å²) in [6.45, 7) is 2.27. The van der Waals surface area contributed by atoms with Gasteiger partial charge in [-0.15, -0.1) is 0 Å². The molecule has 0 amide bonds. The molecule has 4 rings (SSSR count). The van der Waals surface area contributed by atoms with Crippen LogP contribution in [0.4, 0.5) is 5.95 Å². The highest BCUT2D eigenvalue weighted by molar-refractivity contribution is 5.59. The van der Waals surface area contributed by atoms with Gasteiger partial charge in [0, 0.05) is 44.2 Å². The van der Waals surface area contributed by atoms with Gasteiger partial charge in [-0.05, 0) is 25.0 Å². The Kier molecular flexibility index (Phi) is 3.84. The van der Waals surface area contributed by atoms with Crippen LogP contribution in [0.5, 0.6) is 0 Å². The number of anilines is 1. The second-order valence-corrected chi connectivity index (χ2v) is 6.73.